The Balaban J connectivity index is 1.91. The molecule has 0 saturated carbocycles. The number of fused-ring (bicyclic) bond motifs is 2. The second-order valence-electron chi connectivity index (χ2n) is 5.41. The number of aromatic nitrogens is 1. The Labute approximate surface area is 135 Å². The van der Waals surface area contributed by atoms with Crippen LogP contribution in [0.2, 0.25) is 0 Å². The van der Waals surface area contributed by atoms with Crippen LogP contribution >= 0.6 is 11.8 Å². The highest BCUT2D eigenvalue weighted by molar-refractivity contribution is 7.99. The van der Waals surface area contributed by atoms with Crippen molar-refractivity contribution in [3.63, 3.8) is 0 Å². The van der Waals surface area contributed by atoms with Crippen LogP contribution in [0.15, 0.2) is 46.5 Å². The standard InChI is InChI=1S/C18H19NO2S/c1-3-21-18(20)12(2)15-9-7-13-6-8-14-5-4-10-19-17(14)22-16(13)11-15/h4-5,7,9-12H,3,6,8H2,1-2H3. The van der Waals surface area contributed by atoms with E-state index in [-0.39, 0.29) is 11.9 Å². The largest absolute Gasteiger partial charge is 0.466 e. The van der Waals surface area contributed by atoms with Crippen molar-refractivity contribution in [3.8, 4) is 0 Å². The maximum absolute atomic E-state index is 11.9. The van der Waals surface area contributed by atoms with Crippen LogP contribution in [-0.4, -0.2) is 17.6 Å². The summed E-state index contributed by atoms with van der Waals surface area (Å²) in [6.45, 7) is 4.15. The molecule has 2 aromatic rings. The number of rotatable bonds is 3. The van der Waals surface area contributed by atoms with Crippen LogP contribution in [0, 0.1) is 0 Å². The van der Waals surface area contributed by atoms with Crippen molar-refractivity contribution in [1.82, 2.24) is 4.98 Å². The van der Waals surface area contributed by atoms with Crippen LogP contribution in [0.5, 0.6) is 0 Å². The molecule has 0 spiro atoms. The molecular weight excluding hydrogens is 294 g/mol. The van der Waals surface area contributed by atoms with E-state index in [1.165, 1.54) is 16.0 Å². The van der Waals surface area contributed by atoms with Gasteiger partial charge in [-0.05, 0) is 55.5 Å². The molecule has 0 bridgehead atoms. The first kappa shape index (κ1) is 15.1. The lowest BCUT2D eigenvalue weighted by molar-refractivity contribution is -0.144. The quantitative estimate of drug-likeness (QED) is 0.803. The molecule has 0 aliphatic carbocycles. The van der Waals surface area contributed by atoms with Gasteiger partial charge in [-0.25, -0.2) is 4.98 Å². The van der Waals surface area contributed by atoms with Crippen LogP contribution in [0.1, 0.15) is 36.5 Å². The molecule has 3 rings (SSSR count). The molecule has 0 radical (unpaired) electrons. The highest BCUT2D eigenvalue weighted by Gasteiger charge is 2.20. The Morgan fingerprint density at radius 1 is 1.32 bits per heavy atom. The van der Waals surface area contributed by atoms with Gasteiger partial charge >= 0.3 is 5.97 Å². The molecule has 1 unspecified atom stereocenters. The summed E-state index contributed by atoms with van der Waals surface area (Å²) in [4.78, 5) is 17.6. The number of hydrogen-bond acceptors (Lipinski definition) is 4. The van der Waals surface area contributed by atoms with E-state index < -0.39 is 0 Å². The number of pyridine rings is 1. The zero-order valence-corrected chi connectivity index (χ0v) is 13.7. The summed E-state index contributed by atoms with van der Waals surface area (Å²) in [6, 6.07) is 10.4. The Morgan fingerprint density at radius 2 is 2.14 bits per heavy atom. The minimum atomic E-state index is -0.239. The average molecular weight is 313 g/mol. The van der Waals surface area contributed by atoms with Gasteiger partial charge in [-0.15, -0.1) is 0 Å². The number of nitrogens with zero attached hydrogens (tertiary/aromatic N) is 1. The number of carbonyl (C=O) groups is 1. The van der Waals surface area contributed by atoms with E-state index in [1.807, 2.05) is 32.2 Å². The Hall–Kier alpha value is -1.81. The molecule has 1 aliphatic heterocycles. The molecule has 1 aromatic carbocycles. The summed E-state index contributed by atoms with van der Waals surface area (Å²) in [5, 5.41) is 1.07. The lowest BCUT2D eigenvalue weighted by atomic mass is 9.98. The number of esters is 1. The molecule has 0 fully saturated rings. The van der Waals surface area contributed by atoms with Crippen LogP contribution < -0.4 is 0 Å². The van der Waals surface area contributed by atoms with E-state index in [9.17, 15) is 4.79 Å². The Morgan fingerprint density at radius 3 is 2.95 bits per heavy atom. The fourth-order valence-corrected chi connectivity index (χ4v) is 3.74. The summed E-state index contributed by atoms with van der Waals surface area (Å²) in [7, 11) is 0. The molecule has 0 N–H and O–H groups in total. The van der Waals surface area contributed by atoms with E-state index in [2.05, 4.69) is 23.2 Å². The van der Waals surface area contributed by atoms with Gasteiger partial charge in [-0.2, -0.15) is 0 Å². The molecule has 3 nitrogen and oxygen atoms in total. The fourth-order valence-electron chi connectivity index (χ4n) is 2.63. The third-order valence-electron chi connectivity index (χ3n) is 3.95. The van der Waals surface area contributed by atoms with Crippen molar-refractivity contribution in [2.45, 2.75) is 42.5 Å². The minimum absolute atomic E-state index is 0.167. The van der Waals surface area contributed by atoms with E-state index in [0.29, 0.717) is 6.61 Å². The normalized spacial score (nSPS) is 14.5. The minimum Gasteiger partial charge on any atom is -0.466 e. The molecule has 2 heterocycles. The first-order chi connectivity index (χ1) is 10.7. The number of ether oxygens (including phenoxy) is 1. The molecule has 1 atom stereocenters. The number of benzene rings is 1. The van der Waals surface area contributed by atoms with E-state index in [4.69, 9.17) is 4.74 Å². The lowest BCUT2D eigenvalue weighted by Crippen LogP contribution is -2.13. The molecule has 114 valence electrons. The molecule has 1 aromatic heterocycles. The van der Waals surface area contributed by atoms with Gasteiger partial charge in [0, 0.05) is 11.1 Å². The molecule has 0 amide bonds. The summed E-state index contributed by atoms with van der Waals surface area (Å²) in [5.41, 5.74) is 3.62. The zero-order valence-electron chi connectivity index (χ0n) is 12.8. The third-order valence-corrected chi connectivity index (χ3v) is 5.11. The molecule has 0 saturated heterocycles. The van der Waals surface area contributed by atoms with Gasteiger partial charge in [0.1, 0.15) is 5.03 Å². The second-order valence-corrected chi connectivity index (χ2v) is 6.44. The predicted octanol–water partition coefficient (Wildman–Crippen LogP) is 4.00. The van der Waals surface area contributed by atoms with Crippen LogP contribution in [-0.2, 0) is 22.4 Å². The van der Waals surface area contributed by atoms with Crippen LogP contribution in [0.4, 0.5) is 0 Å². The van der Waals surface area contributed by atoms with Gasteiger partial charge in [0.15, 0.2) is 0 Å². The average Bonchev–Trinajstić information content (AvgIpc) is 2.72. The SMILES string of the molecule is CCOC(=O)C(C)c1ccc2c(c1)Sc1ncccc1CC2. The van der Waals surface area contributed by atoms with E-state index in [0.717, 1.165) is 23.4 Å². The number of aryl methyl sites for hydroxylation is 2. The smallest absolute Gasteiger partial charge is 0.313 e. The maximum Gasteiger partial charge on any atom is 0.313 e. The molecule has 1 aliphatic rings. The van der Waals surface area contributed by atoms with Gasteiger partial charge in [0.05, 0.1) is 12.5 Å². The first-order valence-corrected chi connectivity index (χ1v) is 8.42. The Kier molecular flexibility index (Phi) is 4.48. The van der Waals surface area contributed by atoms with Gasteiger partial charge in [-0.3, -0.25) is 4.79 Å². The number of hydrogen-bond donors (Lipinski definition) is 0. The van der Waals surface area contributed by atoms with Gasteiger partial charge < -0.3 is 4.74 Å². The summed E-state index contributed by atoms with van der Waals surface area (Å²) >= 11 is 1.70. The maximum atomic E-state index is 11.9. The van der Waals surface area contributed by atoms with Crippen LogP contribution in [0.3, 0.4) is 0 Å². The summed E-state index contributed by atoms with van der Waals surface area (Å²) in [5.74, 6) is -0.406. The monoisotopic (exact) mass is 313 g/mol. The highest BCUT2D eigenvalue weighted by Crippen LogP contribution is 2.37. The summed E-state index contributed by atoms with van der Waals surface area (Å²) in [6.07, 6.45) is 3.85. The van der Waals surface area contributed by atoms with E-state index in [1.54, 1.807) is 11.8 Å². The Bertz CT molecular complexity index is 699. The lowest BCUT2D eigenvalue weighted by Gasteiger charge is -2.13. The van der Waals surface area contributed by atoms with E-state index >= 15 is 0 Å². The van der Waals surface area contributed by atoms with Gasteiger partial charge in [0.25, 0.3) is 0 Å². The van der Waals surface area contributed by atoms with Crippen molar-refractivity contribution in [2.75, 3.05) is 6.61 Å². The molecule has 22 heavy (non-hydrogen) atoms. The highest BCUT2D eigenvalue weighted by atomic mass is 32.2. The van der Waals surface area contributed by atoms with Crippen molar-refractivity contribution in [2.24, 2.45) is 0 Å². The first-order valence-electron chi connectivity index (χ1n) is 7.60. The van der Waals surface area contributed by atoms with Gasteiger partial charge in [-0.1, -0.05) is 30.0 Å². The summed E-state index contributed by atoms with van der Waals surface area (Å²) < 4.78 is 5.12. The number of carbonyl (C=O) groups excluding carboxylic acids is 1. The second kappa shape index (κ2) is 6.53. The van der Waals surface area contributed by atoms with Crippen molar-refractivity contribution in [3.05, 3.63) is 53.2 Å². The topological polar surface area (TPSA) is 39.2 Å². The van der Waals surface area contributed by atoms with Crippen molar-refractivity contribution >= 4 is 17.7 Å². The molecule has 4 heteroatoms. The third kappa shape index (κ3) is 3.02. The predicted molar refractivity (Wildman–Crippen MR) is 87.3 cm³/mol. The van der Waals surface area contributed by atoms with Crippen molar-refractivity contribution in [1.29, 1.82) is 0 Å². The fraction of sp³-hybridized carbons (Fsp3) is 0.333. The molecular formula is C18H19NO2S. The zero-order chi connectivity index (χ0) is 15.5. The van der Waals surface area contributed by atoms with Crippen molar-refractivity contribution < 1.29 is 9.53 Å². The van der Waals surface area contributed by atoms with Crippen LogP contribution in [0.25, 0.3) is 0 Å². The van der Waals surface area contributed by atoms with Gasteiger partial charge in [0.2, 0.25) is 0 Å².